The van der Waals surface area contributed by atoms with Crippen molar-refractivity contribution in [3.8, 4) is 5.75 Å². The lowest BCUT2D eigenvalue weighted by Crippen LogP contribution is -2.25. The molecule has 0 aliphatic carbocycles. The summed E-state index contributed by atoms with van der Waals surface area (Å²) in [6.45, 7) is 3.89. The van der Waals surface area contributed by atoms with Gasteiger partial charge >= 0.3 is 0 Å². The number of ether oxygens (including phenoxy) is 1. The van der Waals surface area contributed by atoms with E-state index in [9.17, 15) is 9.59 Å². The minimum absolute atomic E-state index is 0.0532. The number of halogens is 1. The first-order chi connectivity index (χ1) is 10.0. The summed E-state index contributed by atoms with van der Waals surface area (Å²) in [5, 5.41) is 0. The van der Waals surface area contributed by atoms with Crippen LogP contribution in [0.4, 0.5) is 0 Å². The van der Waals surface area contributed by atoms with Crippen LogP contribution in [-0.2, 0) is 6.54 Å². The number of carbonyl (C=O) groups excluding carboxylic acids is 1. The average Bonchev–Trinajstić information content (AvgIpc) is 2.47. The molecule has 6 heteroatoms. The van der Waals surface area contributed by atoms with E-state index in [0.717, 1.165) is 0 Å². The second-order valence-corrected chi connectivity index (χ2v) is 5.34. The third kappa shape index (κ3) is 3.58. The number of Topliss-reactive ketones (excluding diaryl/α,β-unsaturated/α-hetero) is 1. The number of para-hydroxylation sites is 1. The molecule has 2 aromatic rings. The Bertz CT molecular complexity index is 725. The van der Waals surface area contributed by atoms with Gasteiger partial charge in [0.05, 0.1) is 24.1 Å². The Morgan fingerprint density at radius 1 is 1.38 bits per heavy atom. The maximum Gasteiger partial charge on any atom is 0.267 e. The Kier molecular flexibility index (Phi) is 4.90. The molecule has 2 rings (SSSR count). The Morgan fingerprint density at radius 2 is 2.10 bits per heavy atom. The van der Waals surface area contributed by atoms with Gasteiger partial charge in [-0.05, 0) is 41.9 Å². The van der Waals surface area contributed by atoms with Crippen molar-refractivity contribution in [2.24, 2.45) is 0 Å². The van der Waals surface area contributed by atoms with Gasteiger partial charge in [-0.1, -0.05) is 12.1 Å². The topological polar surface area (TPSA) is 61.2 Å². The fourth-order valence-corrected chi connectivity index (χ4v) is 2.17. The van der Waals surface area contributed by atoms with Gasteiger partial charge in [-0.25, -0.2) is 4.98 Å². The van der Waals surface area contributed by atoms with Crippen molar-refractivity contribution in [2.75, 3.05) is 6.61 Å². The number of carbonyl (C=O) groups is 1. The van der Waals surface area contributed by atoms with Crippen molar-refractivity contribution in [3.63, 3.8) is 0 Å². The van der Waals surface area contributed by atoms with Crippen LogP contribution in [0.2, 0.25) is 0 Å². The zero-order valence-corrected chi connectivity index (χ0v) is 13.4. The zero-order valence-electron chi connectivity index (χ0n) is 11.8. The summed E-state index contributed by atoms with van der Waals surface area (Å²) < 4.78 is 7.52. The quantitative estimate of drug-likeness (QED) is 0.777. The van der Waals surface area contributed by atoms with Crippen molar-refractivity contribution in [3.05, 3.63) is 56.7 Å². The summed E-state index contributed by atoms with van der Waals surface area (Å²) in [4.78, 5) is 27.6. The summed E-state index contributed by atoms with van der Waals surface area (Å²) in [5.41, 5.74) is 1.04. The van der Waals surface area contributed by atoms with E-state index in [0.29, 0.717) is 28.0 Å². The van der Waals surface area contributed by atoms with E-state index in [1.165, 1.54) is 17.8 Å². The highest BCUT2D eigenvalue weighted by atomic mass is 79.9. The van der Waals surface area contributed by atoms with Crippen LogP contribution >= 0.6 is 15.9 Å². The second kappa shape index (κ2) is 6.67. The smallest absolute Gasteiger partial charge is 0.267 e. The molecule has 0 atom stereocenters. The summed E-state index contributed by atoms with van der Waals surface area (Å²) >= 11 is 3.22. The maximum absolute atomic E-state index is 12.0. The molecule has 0 bridgehead atoms. The lowest BCUT2D eigenvalue weighted by molar-refractivity contribution is 0.101. The molecule has 1 aromatic carbocycles. The molecule has 0 radical (unpaired) electrons. The van der Waals surface area contributed by atoms with Crippen LogP contribution in [0.25, 0.3) is 0 Å². The highest BCUT2D eigenvalue weighted by Gasteiger charge is 2.08. The van der Waals surface area contributed by atoms with Gasteiger partial charge in [0.25, 0.3) is 5.56 Å². The van der Waals surface area contributed by atoms with Crippen molar-refractivity contribution < 1.29 is 9.53 Å². The molecule has 0 aliphatic rings. The molecule has 1 heterocycles. The fraction of sp³-hybridized carbons (Fsp3) is 0.267. The van der Waals surface area contributed by atoms with E-state index in [1.807, 2.05) is 0 Å². The number of rotatable bonds is 5. The van der Waals surface area contributed by atoms with Gasteiger partial charge in [0.2, 0.25) is 0 Å². The normalized spacial score (nSPS) is 10.4. The first-order valence-electron chi connectivity index (χ1n) is 6.45. The van der Waals surface area contributed by atoms with Crippen molar-refractivity contribution in [1.29, 1.82) is 0 Å². The molecule has 21 heavy (non-hydrogen) atoms. The third-order valence-corrected chi connectivity index (χ3v) is 3.93. The molecule has 0 aliphatic heterocycles. The third-order valence-electron chi connectivity index (χ3n) is 3.01. The maximum atomic E-state index is 12.0. The number of hydrogen-bond acceptors (Lipinski definition) is 4. The highest BCUT2D eigenvalue weighted by Crippen LogP contribution is 2.18. The summed E-state index contributed by atoms with van der Waals surface area (Å²) in [6, 6.07) is 7.05. The number of aromatic nitrogens is 2. The van der Waals surface area contributed by atoms with Crippen molar-refractivity contribution in [2.45, 2.75) is 20.4 Å². The molecular formula is C15H15BrN2O3. The zero-order chi connectivity index (χ0) is 15.4. The van der Waals surface area contributed by atoms with E-state index >= 15 is 0 Å². The summed E-state index contributed by atoms with van der Waals surface area (Å²) in [7, 11) is 0. The van der Waals surface area contributed by atoms with Gasteiger partial charge in [0.15, 0.2) is 5.78 Å². The van der Waals surface area contributed by atoms with E-state index in [2.05, 4.69) is 20.9 Å². The summed E-state index contributed by atoms with van der Waals surface area (Å²) in [6.07, 6.45) is 1.49. The van der Waals surface area contributed by atoms with Crippen molar-refractivity contribution in [1.82, 2.24) is 9.55 Å². The average molecular weight is 351 g/mol. The first-order valence-corrected chi connectivity index (χ1v) is 7.24. The number of aryl methyl sites for hydroxylation is 1. The van der Waals surface area contributed by atoms with Gasteiger partial charge < -0.3 is 4.74 Å². The molecule has 0 amide bonds. The van der Waals surface area contributed by atoms with Gasteiger partial charge in [-0.2, -0.15) is 0 Å². The van der Waals surface area contributed by atoms with Crippen LogP contribution in [0, 0.1) is 6.92 Å². The Labute approximate surface area is 130 Å². The van der Waals surface area contributed by atoms with Crippen molar-refractivity contribution >= 4 is 21.7 Å². The number of hydrogen-bond donors (Lipinski definition) is 0. The second-order valence-electron chi connectivity index (χ2n) is 4.54. The molecule has 0 saturated heterocycles. The Morgan fingerprint density at radius 3 is 2.81 bits per heavy atom. The minimum Gasteiger partial charge on any atom is -0.491 e. The molecule has 0 spiro atoms. The lowest BCUT2D eigenvalue weighted by atomic mass is 10.1. The van der Waals surface area contributed by atoms with E-state index < -0.39 is 0 Å². The molecular weight excluding hydrogens is 336 g/mol. The molecule has 110 valence electrons. The van der Waals surface area contributed by atoms with Crippen LogP contribution in [0.15, 0.2) is 39.9 Å². The van der Waals surface area contributed by atoms with Crippen LogP contribution in [0.5, 0.6) is 5.75 Å². The Hall–Kier alpha value is -1.95. The monoisotopic (exact) mass is 350 g/mol. The minimum atomic E-state index is -0.147. The van der Waals surface area contributed by atoms with Crippen LogP contribution in [0.1, 0.15) is 23.0 Å². The number of ketones is 1. The van der Waals surface area contributed by atoms with Crippen LogP contribution in [-0.4, -0.2) is 21.9 Å². The van der Waals surface area contributed by atoms with Gasteiger partial charge in [0.1, 0.15) is 16.8 Å². The molecule has 1 aromatic heterocycles. The SMILES string of the molecule is CC(=O)c1ccccc1OCCn1cnc(C)c(Br)c1=O. The van der Waals surface area contributed by atoms with Crippen LogP contribution < -0.4 is 10.3 Å². The molecule has 5 nitrogen and oxygen atoms in total. The number of benzene rings is 1. The molecule has 0 unspecified atom stereocenters. The van der Waals surface area contributed by atoms with Gasteiger partial charge in [0, 0.05) is 0 Å². The van der Waals surface area contributed by atoms with E-state index in [1.54, 1.807) is 31.2 Å². The number of nitrogens with zero attached hydrogens (tertiary/aromatic N) is 2. The van der Waals surface area contributed by atoms with E-state index in [4.69, 9.17) is 4.74 Å². The molecule has 0 N–H and O–H groups in total. The predicted molar refractivity (Wildman–Crippen MR) is 82.9 cm³/mol. The summed E-state index contributed by atoms with van der Waals surface area (Å²) in [5.74, 6) is 0.472. The van der Waals surface area contributed by atoms with E-state index in [-0.39, 0.29) is 17.9 Å². The lowest BCUT2D eigenvalue weighted by Gasteiger charge is -2.11. The van der Waals surface area contributed by atoms with Gasteiger partial charge in [-0.3, -0.25) is 14.2 Å². The standard InChI is InChI=1S/C15H15BrN2O3/c1-10-14(16)15(20)18(9-17-10)7-8-21-13-6-4-3-5-12(13)11(2)19/h3-6,9H,7-8H2,1-2H3. The Balaban J connectivity index is 2.08. The first kappa shape index (κ1) is 15.4. The van der Waals surface area contributed by atoms with Crippen LogP contribution in [0.3, 0.4) is 0 Å². The predicted octanol–water partition coefficient (Wildman–Crippen LogP) is 2.60. The van der Waals surface area contributed by atoms with Gasteiger partial charge in [-0.15, -0.1) is 0 Å². The molecule has 0 fully saturated rings. The highest BCUT2D eigenvalue weighted by molar-refractivity contribution is 9.10. The largest absolute Gasteiger partial charge is 0.491 e. The fourth-order valence-electron chi connectivity index (χ4n) is 1.84. The molecule has 0 saturated carbocycles.